The van der Waals surface area contributed by atoms with Gasteiger partial charge in [-0.15, -0.1) is 0 Å². The average molecular weight is 350 g/mol. The van der Waals surface area contributed by atoms with E-state index in [0.29, 0.717) is 6.54 Å². The first-order valence-corrected chi connectivity index (χ1v) is 7.71. The summed E-state index contributed by atoms with van der Waals surface area (Å²) in [4.78, 5) is 0. The Bertz CT molecular complexity index is 582. The summed E-state index contributed by atoms with van der Waals surface area (Å²) in [5, 5.41) is 3.39. The lowest BCUT2D eigenvalue weighted by atomic mass is 10.2. The van der Waals surface area contributed by atoms with Crippen LogP contribution in [0.5, 0.6) is 11.5 Å². The fraction of sp³-hybridized carbons (Fsp3) is 0.294. The maximum absolute atomic E-state index is 5.63. The second kappa shape index (κ2) is 7.36. The van der Waals surface area contributed by atoms with Gasteiger partial charge in [-0.3, -0.25) is 0 Å². The van der Waals surface area contributed by atoms with E-state index in [-0.39, 0.29) is 6.10 Å². The minimum Gasteiger partial charge on any atom is -0.496 e. The molecule has 0 aromatic heterocycles. The predicted molar refractivity (Wildman–Crippen MR) is 90.2 cm³/mol. The van der Waals surface area contributed by atoms with E-state index in [2.05, 4.69) is 27.3 Å². The van der Waals surface area contributed by atoms with Gasteiger partial charge in [-0.05, 0) is 56.3 Å². The number of rotatable bonds is 6. The highest BCUT2D eigenvalue weighted by Gasteiger charge is 2.04. The lowest BCUT2D eigenvalue weighted by Gasteiger charge is -2.13. The number of ether oxygens (including phenoxy) is 2. The molecule has 0 aliphatic heterocycles. The van der Waals surface area contributed by atoms with Crippen LogP contribution in [0.1, 0.15) is 19.4 Å². The molecule has 3 nitrogen and oxygen atoms in total. The van der Waals surface area contributed by atoms with Gasteiger partial charge in [0.05, 0.1) is 13.2 Å². The third kappa shape index (κ3) is 4.67. The number of hydrogen-bond acceptors (Lipinski definition) is 3. The third-order valence-corrected chi connectivity index (χ3v) is 3.44. The Morgan fingerprint density at radius 2 is 1.81 bits per heavy atom. The summed E-state index contributed by atoms with van der Waals surface area (Å²) in [7, 11) is 1.69. The van der Waals surface area contributed by atoms with Gasteiger partial charge in [0.1, 0.15) is 11.5 Å². The summed E-state index contributed by atoms with van der Waals surface area (Å²) in [6.07, 6.45) is 0.190. The molecule has 0 aliphatic carbocycles. The molecule has 21 heavy (non-hydrogen) atoms. The van der Waals surface area contributed by atoms with Gasteiger partial charge in [0.2, 0.25) is 0 Å². The van der Waals surface area contributed by atoms with Crippen molar-refractivity contribution in [3.63, 3.8) is 0 Å². The first-order chi connectivity index (χ1) is 10.1. The molecule has 2 aromatic rings. The molecule has 0 saturated heterocycles. The average Bonchev–Trinajstić information content (AvgIpc) is 2.46. The third-order valence-electron chi connectivity index (χ3n) is 2.95. The highest BCUT2D eigenvalue weighted by molar-refractivity contribution is 9.10. The van der Waals surface area contributed by atoms with Gasteiger partial charge in [0, 0.05) is 22.3 Å². The fourth-order valence-electron chi connectivity index (χ4n) is 2.01. The summed E-state index contributed by atoms with van der Waals surface area (Å²) < 4.78 is 12.0. The van der Waals surface area contributed by atoms with E-state index < -0.39 is 0 Å². The molecule has 0 aliphatic rings. The van der Waals surface area contributed by atoms with Crippen LogP contribution >= 0.6 is 15.9 Å². The van der Waals surface area contributed by atoms with Crippen LogP contribution in [0.2, 0.25) is 0 Å². The largest absolute Gasteiger partial charge is 0.496 e. The molecule has 0 radical (unpaired) electrons. The Morgan fingerprint density at radius 3 is 2.43 bits per heavy atom. The van der Waals surface area contributed by atoms with E-state index in [0.717, 1.165) is 27.2 Å². The Morgan fingerprint density at radius 1 is 1.10 bits per heavy atom. The van der Waals surface area contributed by atoms with Crippen molar-refractivity contribution >= 4 is 21.6 Å². The maximum Gasteiger partial charge on any atom is 0.123 e. The van der Waals surface area contributed by atoms with E-state index in [1.807, 2.05) is 50.2 Å². The topological polar surface area (TPSA) is 30.5 Å². The van der Waals surface area contributed by atoms with Crippen molar-refractivity contribution in [2.24, 2.45) is 0 Å². The molecule has 4 heteroatoms. The number of methoxy groups -OCH3 is 1. The molecule has 0 atom stereocenters. The molecule has 0 spiro atoms. The Balaban J connectivity index is 2.01. The van der Waals surface area contributed by atoms with Crippen LogP contribution in [0.25, 0.3) is 0 Å². The fourth-order valence-corrected chi connectivity index (χ4v) is 2.41. The second-order valence-electron chi connectivity index (χ2n) is 5.00. The molecular weight excluding hydrogens is 330 g/mol. The molecular formula is C17H20BrNO2. The minimum absolute atomic E-state index is 0.190. The van der Waals surface area contributed by atoms with Crippen molar-refractivity contribution in [2.45, 2.75) is 26.5 Å². The van der Waals surface area contributed by atoms with Crippen LogP contribution in [-0.4, -0.2) is 13.2 Å². The van der Waals surface area contributed by atoms with Crippen molar-refractivity contribution < 1.29 is 9.47 Å². The van der Waals surface area contributed by atoms with Gasteiger partial charge in [-0.2, -0.15) is 0 Å². The zero-order valence-corrected chi connectivity index (χ0v) is 14.1. The number of hydrogen-bond donors (Lipinski definition) is 1. The normalized spacial score (nSPS) is 10.5. The monoisotopic (exact) mass is 349 g/mol. The summed E-state index contributed by atoms with van der Waals surface area (Å²) in [6.45, 7) is 4.74. The number of benzene rings is 2. The van der Waals surface area contributed by atoms with Crippen LogP contribution in [0.4, 0.5) is 5.69 Å². The highest BCUT2D eigenvalue weighted by Crippen LogP contribution is 2.24. The zero-order chi connectivity index (χ0) is 15.2. The van der Waals surface area contributed by atoms with E-state index in [4.69, 9.17) is 9.47 Å². The van der Waals surface area contributed by atoms with Crippen molar-refractivity contribution in [2.75, 3.05) is 12.4 Å². The van der Waals surface area contributed by atoms with Crippen LogP contribution in [0.3, 0.4) is 0 Å². The van der Waals surface area contributed by atoms with Crippen LogP contribution in [-0.2, 0) is 6.54 Å². The SMILES string of the molecule is COc1ccc(Br)cc1CNc1ccc(OC(C)C)cc1. The Labute approximate surface area is 134 Å². The van der Waals surface area contributed by atoms with E-state index in [1.54, 1.807) is 7.11 Å². The summed E-state index contributed by atoms with van der Waals surface area (Å²) in [5.41, 5.74) is 2.16. The molecule has 2 aromatic carbocycles. The van der Waals surface area contributed by atoms with Crippen molar-refractivity contribution in [3.05, 3.63) is 52.5 Å². The van der Waals surface area contributed by atoms with E-state index >= 15 is 0 Å². The summed E-state index contributed by atoms with van der Waals surface area (Å²) in [6, 6.07) is 14.0. The van der Waals surface area contributed by atoms with Crippen LogP contribution in [0.15, 0.2) is 46.9 Å². The quantitative estimate of drug-likeness (QED) is 0.807. The molecule has 0 saturated carbocycles. The highest BCUT2D eigenvalue weighted by atomic mass is 79.9. The Kier molecular flexibility index (Phi) is 5.51. The van der Waals surface area contributed by atoms with E-state index in [9.17, 15) is 0 Å². The van der Waals surface area contributed by atoms with Crippen molar-refractivity contribution in [1.29, 1.82) is 0 Å². The standard InChI is InChI=1S/C17H20BrNO2/c1-12(2)21-16-7-5-15(6-8-16)19-11-13-10-14(18)4-9-17(13)20-3/h4-10,12,19H,11H2,1-3H3. The first kappa shape index (κ1) is 15.7. The lowest BCUT2D eigenvalue weighted by molar-refractivity contribution is 0.242. The number of halogens is 1. The lowest BCUT2D eigenvalue weighted by Crippen LogP contribution is -2.05. The Hall–Kier alpha value is -1.68. The summed E-state index contributed by atoms with van der Waals surface area (Å²) >= 11 is 3.48. The van der Waals surface area contributed by atoms with Crippen molar-refractivity contribution in [3.8, 4) is 11.5 Å². The van der Waals surface area contributed by atoms with Gasteiger partial charge >= 0.3 is 0 Å². The molecule has 0 fully saturated rings. The maximum atomic E-state index is 5.63. The van der Waals surface area contributed by atoms with Gasteiger partial charge in [0.25, 0.3) is 0 Å². The van der Waals surface area contributed by atoms with Gasteiger partial charge in [-0.25, -0.2) is 0 Å². The van der Waals surface area contributed by atoms with Gasteiger partial charge in [0.15, 0.2) is 0 Å². The predicted octanol–water partition coefficient (Wildman–Crippen LogP) is 4.86. The van der Waals surface area contributed by atoms with Gasteiger partial charge < -0.3 is 14.8 Å². The van der Waals surface area contributed by atoms with Crippen molar-refractivity contribution in [1.82, 2.24) is 0 Å². The minimum atomic E-state index is 0.190. The van der Waals surface area contributed by atoms with Crippen LogP contribution in [0, 0.1) is 0 Å². The van der Waals surface area contributed by atoms with E-state index in [1.165, 1.54) is 0 Å². The number of nitrogens with one attached hydrogen (secondary N) is 1. The zero-order valence-electron chi connectivity index (χ0n) is 12.5. The molecule has 0 heterocycles. The summed E-state index contributed by atoms with van der Waals surface area (Å²) in [5.74, 6) is 1.76. The van der Waals surface area contributed by atoms with Gasteiger partial charge in [-0.1, -0.05) is 15.9 Å². The molecule has 2 rings (SSSR count). The smallest absolute Gasteiger partial charge is 0.123 e. The first-order valence-electron chi connectivity index (χ1n) is 6.91. The molecule has 0 amide bonds. The molecule has 0 bridgehead atoms. The number of anilines is 1. The molecule has 112 valence electrons. The molecule has 1 N–H and O–H groups in total. The van der Waals surface area contributed by atoms with Crippen LogP contribution < -0.4 is 14.8 Å². The molecule has 0 unspecified atom stereocenters. The second-order valence-corrected chi connectivity index (χ2v) is 5.92.